The van der Waals surface area contributed by atoms with Crippen LogP contribution in [0.3, 0.4) is 0 Å². The minimum absolute atomic E-state index is 0.114. The first kappa shape index (κ1) is 23.8. The van der Waals surface area contributed by atoms with Crippen molar-refractivity contribution in [3.63, 3.8) is 0 Å². The van der Waals surface area contributed by atoms with Crippen LogP contribution in [0.4, 0.5) is 4.39 Å². The monoisotopic (exact) mass is 506 g/mol. The second-order valence-corrected chi connectivity index (χ2v) is 9.80. The Hall–Kier alpha value is -1.86. The second kappa shape index (κ2) is 11.7. The van der Waals surface area contributed by atoms with Crippen LogP contribution in [0.2, 0.25) is 0 Å². The summed E-state index contributed by atoms with van der Waals surface area (Å²) < 4.78 is 14.8. The zero-order chi connectivity index (χ0) is 22.2. The van der Waals surface area contributed by atoms with Crippen LogP contribution < -0.4 is 5.32 Å². The third-order valence-corrected chi connectivity index (χ3v) is 7.07. The molecule has 1 saturated carbocycles. The van der Waals surface area contributed by atoms with E-state index in [4.69, 9.17) is 0 Å². The largest absolute Gasteiger partial charge is 0.352 e. The maximum Gasteiger partial charge on any atom is 0.242 e. The number of thioether (sulfide) groups is 1. The molecular formula is C24H28BrFN2O2S. The molecule has 1 aliphatic rings. The Morgan fingerprint density at radius 1 is 1.16 bits per heavy atom. The molecule has 2 aromatic carbocycles. The van der Waals surface area contributed by atoms with Crippen molar-refractivity contribution in [1.82, 2.24) is 10.2 Å². The molecule has 1 N–H and O–H groups in total. The van der Waals surface area contributed by atoms with E-state index in [1.165, 1.54) is 17.8 Å². The van der Waals surface area contributed by atoms with Crippen molar-refractivity contribution in [2.75, 3.05) is 5.75 Å². The van der Waals surface area contributed by atoms with Crippen LogP contribution in [0.15, 0.2) is 53.0 Å². The fourth-order valence-electron chi connectivity index (χ4n) is 3.71. The highest BCUT2D eigenvalue weighted by molar-refractivity contribution is 9.10. The van der Waals surface area contributed by atoms with Crippen LogP contribution in [0.5, 0.6) is 0 Å². The zero-order valence-corrected chi connectivity index (χ0v) is 20.1. The molecule has 0 unspecified atom stereocenters. The first-order chi connectivity index (χ1) is 14.9. The third-order valence-electron chi connectivity index (χ3n) is 5.58. The quantitative estimate of drug-likeness (QED) is 0.502. The van der Waals surface area contributed by atoms with Gasteiger partial charge in [0.15, 0.2) is 0 Å². The Bertz CT molecular complexity index is 887. The fourth-order valence-corrected chi connectivity index (χ4v) is 4.87. The van der Waals surface area contributed by atoms with Crippen molar-refractivity contribution in [1.29, 1.82) is 0 Å². The fraction of sp³-hybridized carbons (Fsp3) is 0.417. The summed E-state index contributed by atoms with van der Waals surface area (Å²) in [6.07, 6.45) is 4.26. The molecule has 4 nitrogen and oxygen atoms in total. The van der Waals surface area contributed by atoms with E-state index in [2.05, 4.69) is 21.2 Å². The van der Waals surface area contributed by atoms with E-state index < -0.39 is 6.04 Å². The van der Waals surface area contributed by atoms with Crippen molar-refractivity contribution in [3.05, 3.63) is 69.9 Å². The van der Waals surface area contributed by atoms with E-state index in [-0.39, 0.29) is 29.4 Å². The number of carbonyl (C=O) groups is 2. The molecule has 3 rings (SSSR count). The predicted octanol–water partition coefficient (Wildman–Crippen LogP) is 5.30. The van der Waals surface area contributed by atoms with E-state index in [0.717, 1.165) is 35.7 Å². The maximum atomic E-state index is 13.9. The molecule has 0 aliphatic heterocycles. The lowest BCUT2D eigenvalue weighted by molar-refractivity contribution is -0.138. The topological polar surface area (TPSA) is 49.4 Å². The first-order valence-electron chi connectivity index (χ1n) is 10.6. The van der Waals surface area contributed by atoms with Crippen LogP contribution in [-0.2, 0) is 21.9 Å². The van der Waals surface area contributed by atoms with Crippen LogP contribution in [0.25, 0.3) is 0 Å². The number of carbonyl (C=O) groups excluding carboxylic acids is 2. The van der Waals surface area contributed by atoms with Gasteiger partial charge >= 0.3 is 0 Å². The van der Waals surface area contributed by atoms with Crippen molar-refractivity contribution in [3.8, 4) is 0 Å². The van der Waals surface area contributed by atoms with E-state index >= 15 is 0 Å². The summed E-state index contributed by atoms with van der Waals surface area (Å²) in [5.74, 6) is 0.0901. The molecule has 0 saturated heterocycles. The lowest BCUT2D eigenvalue weighted by atomic mass is 10.1. The van der Waals surface area contributed by atoms with Gasteiger partial charge in [-0.2, -0.15) is 0 Å². The molecule has 1 fully saturated rings. The molecule has 7 heteroatoms. The molecule has 2 amide bonds. The van der Waals surface area contributed by atoms with Gasteiger partial charge in [0.05, 0.1) is 5.75 Å². The molecule has 2 aromatic rings. The smallest absolute Gasteiger partial charge is 0.242 e. The molecule has 1 atom stereocenters. The Balaban J connectivity index is 1.65. The van der Waals surface area contributed by atoms with Crippen molar-refractivity contribution in [2.45, 2.75) is 57.0 Å². The SMILES string of the molecule is C[C@@H](C(=O)NC1CCCC1)N(Cc1ccc(Br)cc1)C(=O)CSCc1ccccc1F. The van der Waals surface area contributed by atoms with E-state index in [1.807, 2.05) is 24.3 Å². The number of amides is 2. The van der Waals surface area contributed by atoms with Crippen LogP contribution >= 0.6 is 27.7 Å². The second-order valence-electron chi connectivity index (χ2n) is 7.90. The molecule has 0 spiro atoms. The number of halogens is 2. The summed E-state index contributed by atoms with van der Waals surface area (Å²) in [5, 5.41) is 3.10. The summed E-state index contributed by atoms with van der Waals surface area (Å²) in [4.78, 5) is 27.6. The van der Waals surface area contributed by atoms with Gasteiger partial charge in [0.2, 0.25) is 11.8 Å². The van der Waals surface area contributed by atoms with Gasteiger partial charge in [0.1, 0.15) is 11.9 Å². The highest BCUT2D eigenvalue weighted by atomic mass is 79.9. The molecule has 0 bridgehead atoms. The summed E-state index contributed by atoms with van der Waals surface area (Å²) in [6.45, 7) is 2.13. The highest BCUT2D eigenvalue weighted by Crippen LogP contribution is 2.20. The minimum Gasteiger partial charge on any atom is -0.352 e. The van der Waals surface area contributed by atoms with Crippen molar-refractivity contribution in [2.24, 2.45) is 0 Å². The zero-order valence-electron chi connectivity index (χ0n) is 17.7. The lowest BCUT2D eigenvalue weighted by Crippen LogP contribution is -2.50. The normalized spacial score (nSPS) is 14.9. The third kappa shape index (κ3) is 7.07. The van der Waals surface area contributed by atoms with Crippen LogP contribution in [-0.4, -0.2) is 34.6 Å². The molecule has 31 heavy (non-hydrogen) atoms. The Morgan fingerprint density at radius 3 is 2.52 bits per heavy atom. The lowest BCUT2D eigenvalue weighted by Gasteiger charge is -2.29. The van der Waals surface area contributed by atoms with E-state index in [0.29, 0.717) is 17.9 Å². The first-order valence-corrected chi connectivity index (χ1v) is 12.5. The van der Waals surface area contributed by atoms with Crippen LogP contribution in [0.1, 0.15) is 43.7 Å². The van der Waals surface area contributed by atoms with Gasteiger partial charge in [-0.05, 0) is 49.1 Å². The Morgan fingerprint density at radius 2 is 1.84 bits per heavy atom. The average molecular weight is 507 g/mol. The van der Waals surface area contributed by atoms with Gasteiger partial charge < -0.3 is 10.2 Å². The van der Waals surface area contributed by atoms with Gasteiger partial charge in [-0.25, -0.2) is 4.39 Å². The van der Waals surface area contributed by atoms with Gasteiger partial charge in [-0.15, -0.1) is 11.8 Å². The number of benzene rings is 2. The molecule has 0 aromatic heterocycles. The van der Waals surface area contributed by atoms with Gasteiger partial charge in [-0.3, -0.25) is 9.59 Å². The Kier molecular flexibility index (Phi) is 8.96. The molecule has 0 heterocycles. The average Bonchev–Trinajstić information content (AvgIpc) is 3.27. The predicted molar refractivity (Wildman–Crippen MR) is 127 cm³/mol. The molecule has 0 radical (unpaired) electrons. The number of nitrogens with one attached hydrogen (secondary N) is 1. The number of hydrogen-bond acceptors (Lipinski definition) is 3. The summed E-state index contributed by atoms with van der Waals surface area (Å²) >= 11 is 4.79. The van der Waals surface area contributed by atoms with Gasteiger partial charge in [0, 0.05) is 22.8 Å². The molecule has 1 aliphatic carbocycles. The van der Waals surface area contributed by atoms with Crippen molar-refractivity contribution < 1.29 is 14.0 Å². The van der Waals surface area contributed by atoms with Gasteiger partial charge in [-0.1, -0.05) is 59.1 Å². The van der Waals surface area contributed by atoms with Crippen molar-refractivity contribution >= 4 is 39.5 Å². The minimum atomic E-state index is -0.578. The highest BCUT2D eigenvalue weighted by Gasteiger charge is 2.28. The van der Waals surface area contributed by atoms with Crippen LogP contribution in [0, 0.1) is 5.82 Å². The Labute approximate surface area is 196 Å². The molecule has 166 valence electrons. The maximum absolute atomic E-state index is 13.9. The number of hydrogen-bond donors (Lipinski definition) is 1. The standard InChI is InChI=1S/C24H28BrFN2O2S/c1-17(24(30)27-21-7-3-4-8-21)28(14-18-10-12-20(25)13-11-18)23(29)16-31-15-19-6-2-5-9-22(19)26/h2,5-6,9-13,17,21H,3-4,7-8,14-16H2,1H3,(H,27,30)/t17-/m0/s1. The van der Waals surface area contributed by atoms with E-state index in [9.17, 15) is 14.0 Å². The summed E-state index contributed by atoms with van der Waals surface area (Å²) in [6, 6.07) is 14.0. The summed E-state index contributed by atoms with van der Waals surface area (Å²) in [7, 11) is 0. The van der Waals surface area contributed by atoms with Gasteiger partial charge in [0.25, 0.3) is 0 Å². The summed E-state index contributed by atoms with van der Waals surface area (Å²) in [5.41, 5.74) is 1.53. The number of rotatable bonds is 9. The number of nitrogens with zero attached hydrogens (tertiary/aromatic N) is 1. The van der Waals surface area contributed by atoms with E-state index in [1.54, 1.807) is 30.0 Å². The molecular weight excluding hydrogens is 479 g/mol.